The molecule has 0 bridgehead atoms. The van der Waals surface area contributed by atoms with Gasteiger partial charge in [0.2, 0.25) is 0 Å². The number of ether oxygens (including phenoxy) is 1. The Labute approximate surface area is 156 Å². The molecule has 6 nitrogen and oxygen atoms in total. The van der Waals surface area contributed by atoms with E-state index in [1.54, 1.807) is 0 Å². The average molecular weight is 436 g/mol. The summed E-state index contributed by atoms with van der Waals surface area (Å²) in [5.74, 6) is 0.365. The Morgan fingerprint density at radius 2 is 2.09 bits per heavy atom. The summed E-state index contributed by atoms with van der Waals surface area (Å²) < 4.78 is 7.34. The van der Waals surface area contributed by atoms with Crippen molar-refractivity contribution < 1.29 is 9.53 Å². The summed E-state index contributed by atoms with van der Waals surface area (Å²) in [4.78, 5) is 18.1. The highest BCUT2D eigenvalue weighted by Gasteiger charge is 2.16. The summed E-state index contributed by atoms with van der Waals surface area (Å²) >= 11 is 0. The third-order valence-corrected chi connectivity index (χ3v) is 2.92. The lowest BCUT2D eigenvalue weighted by molar-refractivity contribution is -0.152. The summed E-state index contributed by atoms with van der Waals surface area (Å²) in [5.41, 5.74) is 0.685. The number of rotatable bonds is 5. The molecule has 0 saturated carbocycles. The summed E-state index contributed by atoms with van der Waals surface area (Å²) in [6.45, 7) is 9.01. The Balaban J connectivity index is 0.00000484. The van der Waals surface area contributed by atoms with Crippen LogP contribution in [0.1, 0.15) is 33.4 Å². The molecule has 1 heterocycles. The van der Waals surface area contributed by atoms with E-state index in [0.29, 0.717) is 12.5 Å². The summed E-state index contributed by atoms with van der Waals surface area (Å²) in [5, 5.41) is 3.19. The highest BCUT2D eigenvalue weighted by Crippen LogP contribution is 2.07. The van der Waals surface area contributed by atoms with Crippen LogP contribution in [0, 0.1) is 0 Å². The second-order valence-corrected chi connectivity index (χ2v) is 6.22. The van der Waals surface area contributed by atoms with E-state index in [1.807, 2.05) is 59.0 Å². The first-order valence-corrected chi connectivity index (χ1v) is 7.54. The summed E-state index contributed by atoms with van der Waals surface area (Å²) in [7, 11) is 3.96. The smallest absolute Gasteiger partial charge is 0.328 e. The van der Waals surface area contributed by atoms with Gasteiger partial charge in [-0.05, 0) is 39.8 Å². The van der Waals surface area contributed by atoms with E-state index in [1.165, 1.54) is 5.69 Å². The number of aromatic nitrogens is 1. The number of hydrogen-bond acceptors (Lipinski definition) is 3. The molecule has 132 valence electrons. The number of nitrogens with zero attached hydrogens (tertiary/aromatic N) is 3. The number of esters is 1. The van der Waals surface area contributed by atoms with Gasteiger partial charge in [-0.3, -0.25) is 4.79 Å². The Morgan fingerprint density at radius 3 is 2.57 bits per heavy atom. The van der Waals surface area contributed by atoms with Gasteiger partial charge in [-0.15, -0.1) is 24.0 Å². The Bertz CT molecular complexity index is 520. The predicted molar refractivity (Wildman–Crippen MR) is 104 cm³/mol. The molecular weight excluding hydrogens is 407 g/mol. The molecule has 1 N–H and O–H groups in total. The van der Waals surface area contributed by atoms with Crippen LogP contribution in [0.3, 0.4) is 0 Å². The molecule has 0 unspecified atom stereocenters. The normalized spacial score (nSPS) is 11.7. The SMILES string of the molecule is CCNC(=NCC(=O)OC(C)(C)C)N(C)Cc1cccn1C.I. The zero-order valence-corrected chi connectivity index (χ0v) is 17.3. The van der Waals surface area contributed by atoms with Gasteiger partial charge in [0, 0.05) is 32.5 Å². The van der Waals surface area contributed by atoms with Crippen molar-refractivity contribution in [2.45, 2.75) is 39.8 Å². The minimum Gasteiger partial charge on any atom is -0.459 e. The number of hydrogen-bond donors (Lipinski definition) is 1. The first-order chi connectivity index (χ1) is 10.2. The van der Waals surface area contributed by atoms with Crippen molar-refractivity contribution in [3.8, 4) is 0 Å². The number of aryl methyl sites for hydroxylation is 1. The minimum atomic E-state index is -0.486. The largest absolute Gasteiger partial charge is 0.459 e. The molecule has 0 amide bonds. The lowest BCUT2D eigenvalue weighted by Gasteiger charge is -2.23. The van der Waals surface area contributed by atoms with Gasteiger partial charge in [0.25, 0.3) is 0 Å². The fourth-order valence-electron chi connectivity index (χ4n) is 1.96. The molecule has 0 fully saturated rings. The molecule has 7 heteroatoms. The van der Waals surface area contributed by atoms with Gasteiger partial charge in [0.05, 0.1) is 6.54 Å². The maximum atomic E-state index is 11.8. The van der Waals surface area contributed by atoms with Crippen LogP contribution < -0.4 is 5.32 Å². The fourth-order valence-corrected chi connectivity index (χ4v) is 1.96. The predicted octanol–water partition coefficient (Wildman–Crippen LogP) is 2.38. The van der Waals surface area contributed by atoms with Crippen molar-refractivity contribution in [3.63, 3.8) is 0 Å². The van der Waals surface area contributed by atoms with Crippen LogP contribution in [0.4, 0.5) is 0 Å². The molecule has 23 heavy (non-hydrogen) atoms. The number of nitrogens with one attached hydrogen (secondary N) is 1. The van der Waals surface area contributed by atoms with Crippen molar-refractivity contribution in [1.29, 1.82) is 0 Å². The Kier molecular flexibility index (Phi) is 9.26. The van der Waals surface area contributed by atoms with Gasteiger partial charge in [-0.1, -0.05) is 0 Å². The molecule has 1 aromatic heterocycles. The van der Waals surface area contributed by atoms with Crippen LogP contribution in [0.25, 0.3) is 0 Å². The molecule has 0 aromatic carbocycles. The molecule has 1 aromatic rings. The second kappa shape index (κ2) is 9.79. The van der Waals surface area contributed by atoms with Crippen molar-refractivity contribution in [2.75, 3.05) is 20.1 Å². The second-order valence-electron chi connectivity index (χ2n) is 6.22. The molecule has 0 saturated heterocycles. The third kappa shape index (κ3) is 8.24. The summed E-state index contributed by atoms with van der Waals surface area (Å²) in [6.07, 6.45) is 2.01. The van der Waals surface area contributed by atoms with E-state index in [9.17, 15) is 4.79 Å². The van der Waals surface area contributed by atoms with Gasteiger partial charge in [0.1, 0.15) is 12.1 Å². The van der Waals surface area contributed by atoms with Gasteiger partial charge in [-0.2, -0.15) is 0 Å². The maximum absolute atomic E-state index is 11.8. The van der Waals surface area contributed by atoms with Crippen LogP contribution in [-0.2, 0) is 23.1 Å². The van der Waals surface area contributed by atoms with Crippen LogP contribution in [-0.4, -0.2) is 47.1 Å². The first kappa shape index (κ1) is 21.8. The molecule has 0 spiro atoms. The number of carbonyl (C=O) groups is 1. The monoisotopic (exact) mass is 436 g/mol. The molecule has 0 atom stereocenters. The van der Waals surface area contributed by atoms with Crippen molar-refractivity contribution in [1.82, 2.24) is 14.8 Å². The van der Waals surface area contributed by atoms with E-state index in [4.69, 9.17) is 4.74 Å². The summed E-state index contributed by atoms with van der Waals surface area (Å²) in [6, 6.07) is 4.07. The van der Waals surface area contributed by atoms with E-state index in [2.05, 4.69) is 20.9 Å². The first-order valence-electron chi connectivity index (χ1n) is 7.54. The van der Waals surface area contributed by atoms with Gasteiger partial charge >= 0.3 is 5.97 Å². The number of carbonyl (C=O) groups excluding carboxylic acids is 1. The van der Waals surface area contributed by atoms with E-state index < -0.39 is 5.60 Å². The van der Waals surface area contributed by atoms with Crippen LogP contribution in [0.5, 0.6) is 0 Å². The van der Waals surface area contributed by atoms with Crippen LogP contribution in [0.2, 0.25) is 0 Å². The van der Waals surface area contributed by atoms with Crippen LogP contribution in [0.15, 0.2) is 23.3 Å². The molecule has 1 rings (SSSR count). The van der Waals surface area contributed by atoms with Crippen molar-refractivity contribution in [3.05, 3.63) is 24.0 Å². The topological polar surface area (TPSA) is 58.9 Å². The van der Waals surface area contributed by atoms with Gasteiger partial charge < -0.3 is 19.5 Å². The fraction of sp³-hybridized carbons (Fsp3) is 0.625. The standard InChI is InChI=1S/C16H28N4O2.HI/c1-7-17-15(18-11-14(21)22-16(2,3)4)20(6)12-13-9-8-10-19(13)5;/h8-10H,7,11-12H2,1-6H3,(H,17,18);1H. The zero-order chi connectivity index (χ0) is 16.8. The van der Waals surface area contributed by atoms with Crippen molar-refractivity contribution >= 4 is 35.9 Å². The number of aliphatic imine (C=N–C) groups is 1. The Morgan fingerprint density at radius 1 is 1.43 bits per heavy atom. The quantitative estimate of drug-likeness (QED) is 0.333. The van der Waals surface area contributed by atoms with Crippen molar-refractivity contribution in [2.24, 2.45) is 12.0 Å². The molecular formula is C16H29IN4O2. The lowest BCUT2D eigenvalue weighted by atomic mass is 10.2. The highest BCUT2D eigenvalue weighted by molar-refractivity contribution is 14.0. The Hall–Kier alpha value is -1.25. The number of guanidine groups is 1. The zero-order valence-electron chi connectivity index (χ0n) is 14.9. The number of halogens is 1. The molecule has 0 aliphatic heterocycles. The molecule has 0 aliphatic rings. The lowest BCUT2D eigenvalue weighted by Crippen LogP contribution is -2.39. The highest BCUT2D eigenvalue weighted by atomic mass is 127. The van der Waals surface area contributed by atoms with E-state index in [0.717, 1.165) is 6.54 Å². The van der Waals surface area contributed by atoms with Crippen LogP contribution >= 0.6 is 24.0 Å². The maximum Gasteiger partial charge on any atom is 0.328 e. The molecule has 0 radical (unpaired) electrons. The van der Waals surface area contributed by atoms with Gasteiger partial charge in [0.15, 0.2) is 5.96 Å². The van der Waals surface area contributed by atoms with Gasteiger partial charge in [-0.25, -0.2) is 4.99 Å². The van der Waals surface area contributed by atoms with E-state index in [-0.39, 0.29) is 36.5 Å². The van der Waals surface area contributed by atoms with E-state index >= 15 is 0 Å². The molecule has 0 aliphatic carbocycles. The minimum absolute atomic E-state index is 0. The third-order valence-electron chi connectivity index (χ3n) is 2.92. The average Bonchev–Trinajstić information content (AvgIpc) is 2.78.